The number of pyridine rings is 1. The molecule has 3 amide bonds. The molecule has 0 radical (unpaired) electrons. The van der Waals surface area contributed by atoms with Gasteiger partial charge in [-0.15, -0.1) is 11.3 Å². The van der Waals surface area contributed by atoms with Crippen LogP contribution in [0.25, 0.3) is 0 Å². The van der Waals surface area contributed by atoms with E-state index in [0.29, 0.717) is 12.2 Å². The van der Waals surface area contributed by atoms with E-state index in [2.05, 4.69) is 25.8 Å². The van der Waals surface area contributed by atoms with Crippen molar-refractivity contribution in [1.29, 1.82) is 0 Å². The lowest BCUT2D eigenvalue weighted by molar-refractivity contribution is -0.161. The number of amides is 3. The number of hydrogen-bond acceptors (Lipinski definition) is 14. The number of anilines is 1. The van der Waals surface area contributed by atoms with Crippen LogP contribution in [0.15, 0.2) is 27.6 Å². The monoisotopic (exact) mass is 656 g/mol. The van der Waals surface area contributed by atoms with Gasteiger partial charge >= 0.3 is 16.3 Å². The number of nitrogens with two attached hydrogens (primary N) is 1. The first-order chi connectivity index (χ1) is 20.5. The first-order valence-corrected chi connectivity index (χ1v) is 15.0. The van der Waals surface area contributed by atoms with Gasteiger partial charge in [-0.1, -0.05) is 5.16 Å². The van der Waals surface area contributed by atoms with Crippen LogP contribution >= 0.6 is 11.3 Å². The summed E-state index contributed by atoms with van der Waals surface area (Å²) in [7, 11) is -5.07. The molecular weight excluding hydrogens is 628 g/mol. The van der Waals surface area contributed by atoms with Crippen molar-refractivity contribution in [2.45, 2.75) is 38.1 Å². The van der Waals surface area contributed by atoms with Crippen molar-refractivity contribution in [2.75, 3.05) is 25.4 Å². The number of aromatic nitrogens is 2. The van der Waals surface area contributed by atoms with Gasteiger partial charge in [-0.3, -0.25) is 28.6 Å². The summed E-state index contributed by atoms with van der Waals surface area (Å²) >= 11 is 0.926. The summed E-state index contributed by atoms with van der Waals surface area (Å²) in [5.41, 5.74) is 3.02. The van der Waals surface area contributed by atoms with Gasteiger partial charge in [0.05, 0.1) is 12.0 Å². The van der Waals surface area contributed by atoms with E-state index in [4.69, 9.17) is 10.6 Å². The Morgan fingerprint density at radius 1 is 1.30 bits per heavy atom. The average Bonchev–Trinajstić information content (AvgIpc) is 3.33. The molecule has 2 aromatic rings. The molecule has 44 heavy (non-hydrogen) atoms. The fourth-order valence-electron chi connectivity index (χ4n) is 4.22. The zero-order valence-electron chi connectivity index (χ0n) is 23.1. The molecule has 4 rings (SSSR count). The van der Waals surface area contributed by atoms with Crippen molar-refractivity contribution < 1.29 is 47.2 Å². The summed E-state index contributed by atoms with van der Waals surface area (Å²) in [6.45, 7) is 2.71. The average molecular weight is 657 g/mol. The maximum absolute atomic E-state index is 13.2. The Hall–Kier alpha value is -4.60. The van der Waals surface area contributed by atoms with Gasteiger partial charge in [-0.05, 0) is 13.8 Å². The largest absolute Gasteiger partial charge is 0.503 e. The number of likely N-dealkylation sites (tertiary alicyclic amines) is 1. The summed E-state index contributed by atoms with van der Waals surface area (Å²) in [4.78, 5) is 75.1. The van der Waals surface area contributed by atoms with Crippen LogP contribution in [-0.2, 0) is 40.9 Å². The third kappa shape index (κ3) is 6.96. The number of aromatic hydroxyl groups is 1. The highest BCUT2D eigenvalue weighted by atomic mass is 32.2. The number of carbonyl (C=O) groups is 4. The SMILES string of the molecule is CC(C)(ON=C(C(=O)N[C@@H]1C(=O)N(S(=O)(=O)O)[C@@H]1CNC(=O)C1CN(Cc2cc(=O)c(O)c[nH]2)C1)c1csc(N)n1)C(=O)O. The zero-order chi connectivity index (χ0) is 32.6. The summed E-state index contributed by atoms with van der Waals surface area (Å²) in [5.74, 6) is -5.17. The maximum Gasteiger partial charge on any atom is 0.362 e. The van der Waals surface area contributed by atoms with Crippen molar-refractivity contribution in [1.82, 2.24) is 29.8 Å². The molecule has 2 aliphatic heterocycles. The number of aromatic amines is 1. The van der Waals surface area contributed by atoms with E-state index < -0.39 is 81.0 Å². The molecule has 4 heterocycles. The molecule has 2 aromatic heterocycles. The number of carboxylic acids is 1. The Morgan fingerprint density at radius 2 is 1.98 bits per heavy atom. The van der Waals surface area contributed by atoms with E-state index >= 15 is 0 Å². The number of oxime groups is 1. The molecule has 0 spiro atoms. The lowest BCUT2D eigenvalue weighted by Crippen LogP contribution is -2.74. The Morgan fingerprint density at radius 3 is 2.55 bits per heavy atom. The molecule has 2 atom stereocenters. The molecule has 2 aliphatic rings. The molecule has 2 saturated heterocycles. The van der Waals surface area contributed by atoms with Gasteiger partial charge in [0.25, 0.3) is 11.8 Å². The molecule has 0 unspecified atom stereocenters. The third-order valence-corrected chi connectivity index (χ3v) is 8.35. The van der Waals surface area contributed by atoms with Gasteiger partial charge in [0.1, 0.15) is 11.7 Å². The first kappa shape index (κ1) is 32.3. The second-order valence-corrected chi connectivity index (χ2v) is 12.6. The number of nitrogen functional groups attached to an aromatic ring is 1. The number of H-pyrrole nitrogens is 1. The predicted octanol–water partition coefficient (Wildman–Crippen LogP) is -2.55. The zero-order valence-corrected chi connectivity index (χ0v) is 24.7. The van der Waals surface area contributed by atoms with Crippen molar-refractivity contribution in [3.63, 3.8) is 0 Å². The van der Waals surface area contributed by atoms with Crippen LogP contribution in [0.3, 0.4) is 0 Å². The summed E-state index contributed by atoms with van der Waals surface area (Å²) in [6.07, 6.45) is 1.16. The fraction of sp³-hybridized carbons (Fsp3) is 0.435. The minimum Gasteiger partial charge on any atom is -0.503 e. The van der Waals surface area contributed by atoms with E-state index in [9.17, 15) is 47.2 Å². The van der Waals surface area contributed by atoms with E-state index in [1.165, 1.54) is 11.4 Å². The lowest BCUT2D eigenvalue weighted by atomic mass is 9.96. The number of carbonyl (C=O) groups excluding carboxylic acids is 3. The van der Waals surface area contributed by atoms with Crippen LogP contribution in [0, 0.1) is 5.92 Å². The summed E-state index contributed by atoms with van der Waals surface area (Å²) in [5, 5.41) is 28.4. The standard InChI is InChI=1S/C23H28N8O11S2/c1-23(2,21(37)38)42-29-16(12-9-43-22(24)27-12)19(35)28-17-13(31(20(17)36)44(39,40)41)4-26-18(34)10-6-30(7-10)8-11-3-14(32)15(33)5-25-11/h3,5,9-10,13,17,33H,4,6-8H2,1-2H3,(H2,24,27)(H,25,32)(H,26,34)(H,28,35)(H,37,38)(H,39,40,41)/t13-,17+/m1/s1. The van der Waals surface area contributed by atoms with Gasteiger partial charge in [-0.2, -0.15) is 8.42 Å². The third-order valence-electron chi connectivity index (χ3n) is 6.72. The van der Waals surface area contributed by atoms with Crippen LogP contribution in [-0.4, -0.2) is 109 Å². The van der Waals surface area contributed by atoms with E-state index in [-0.39, 0.29) is 28.2 Å². The molecule has 0 saturated carbocycles. The Bertz CT molecular complexity index is 1680. The molecular formula is C23H28N8O11S2. The number of nitrogens with one attached hydrogen (secondary N) is 3. The van der Waals surface area contributed by atoms with Crippen LogP contribution in [0.1, 0.15) is 25.2 Å². The first-order valence-electron chi connectivity index (χ1n) is 12.7. The summed E-state index contributed by atoms with van der Waals surface area (Å²) in [6, 6.07) is -1.75. The van der Waals surface area contributed by atoms with Crippen LogP contribution in [0.4, 0.5) is 5.13 Å². The number of β-lactam (4-membered cyclic amide) rings is 1. The Labute approximate surface area is 252 Å². The van der Waals surface area contributed by atoms with Gasteiger partial charge in [0, 0.05) is 49.5 Å². The molecule has 238 valence electrons. The normalized spacial score (nSPS) is 19.6. The van der Waals surface area contributed by atoms with Gasteiger partial charge in [0.2, 0.25) is 16.9 Å². The Kier molecular flexibility index (Phi) is 8.95. The minimum atomic E-state index is -5.07. The number of nitrogens with zero attached hydrogens (tertiary/aromatic N) is 4. The minimum absolute atomic E-state index is 0.0294. The van der Waals surface area contributed by atoms with Gasteiger partial charge in [0.15, 0.2) is 16.6 Å². The highest BCUT2D eigenvalue weighted by Crippen LogP contribution is 2.25. The predicted molar refractivity (Wildman–Crippen MR) is 150 cm³/mol. The molecule has 2 fully saturated rings. The molecule has 19 nitrogen and oxygen atoms in total. The van der Waals surface area contributed by atoms with Gasteiger partial charge < -0.3 is 36.4 Å². The number of aliphatic carboxylic acids is 1. The maximum atomic E-state index is 13.2. The van der Waals surface area contributed by atoms with Crippen molar-refractivity contribution in [2.24, 2.45) is 11.1 Å². The molecule has 21 heteroatoms. The molecule has 0 aromatic carbocycles. The molecule has 8 N–H and O–H groups in total. The smallest absolute Gasteiger partial charge is 0.362 e. The Balaban J connectivity index is 1.42. The van der Waals surface area contributed by atoms with Crippen LogP contribution < -0.4 is 21.8 Å². The van der Waals surface area contributed by atoms with Gasteiger partial charge in [-0.25, -0.2) is 14.1 Å². The fourth-order valence-corrected chi connectivity index (χ4v) is 5.65. The van der Waals surface area contributed by atoms with E-state index in [0.717, 1.165) is 31.4 Å². The molecule has 0 bridgehead atoms. The van der Waals surface area contributed by atoms with Crippen molar-refractivity contribution >= 4 is 56.2 Å². The quantitative estimate of drug-likeness (QED) is 0.0536. The van der Waals surface area contributed by atoms with Crippen molar-refractivity contribution in [3.8, 4) is 5.75 Å². The molecule has 0 aliphatic carbocycles. The second kappa shape index (κ2) is 12.2. The number of carboxylic acid groups (broad SMARTS) is 1. The van der Waals surface area contributed by atoms with Crippen LogP contribution in [0.2, 0.25) is 0 Å². The topological polar surface area (TPSA) is 287 Å². The number of hydrogen-bond donors (Lipinski definition) is 7. The van der Waals surface area contributed by atoms with Crippen molar-refractivity contribution in [3.05, 3.63) is 39.3 Å². The van der Waals surface area contributed by atoms with E-state index in [1.54, 1.807) is 0 Å². The number of thiazole rings is 1. The number of rotatable bonds is 12. The second-order valence-electron chi connectivity index (χ2n) is 10.4. The van der Waals surface area contributed by atoms with E-state index in [1.807, 2.05) is 4.90 Å². The highest BCUT2D eigenvalue weighted by molar-refractivity contribution is 7.84. The van der Waals surface area contributed by atoms with Crippen LogP contribution in [0.5, 0.6) is 5.75 Å². The summed E-state index contributed by atoms with van der Waals surface area (Å²) < 4.78 is 33.4. The highest BCUT2D eigenvalue weighted by Gasteiger charge is 2.54. The lowest BCUT2D eigenvalue weighted by Gasteiger charge is -2.44.